The third kappa shape index (κ3) is 8.43. The van der Waals surface area contributed by atoms with Crippen molar-refractivity contribution in [3.63, 3.8) is 0 Å². The lowest BCUT2D eigenvalue weighted by Gasteiger charge is -2.42. The molecule has 2 aliphatic rings. The highest BCUT2D eigenvalue weighted by Crippen LogP contribution is 2.49. The van der Waals surface area contributed by atoms with Crippen molar-refractivity contribution in [1.29, 1.82) is 0 Å². The summed E-state index contributed by atoms with van der Waals surface area (Å²) in [4.78, 5) is 63.1. The normalized spacial score (nSPS) is 34.2. The molecule has 0 bridgehead atoms. The molecular weight excluding hydrogens is 596 g/mol. The van der Waals surface area contributed by atoms with Crippen molar-refractivity contribution < 1.29 is 52.8 Å². The van der Waals surface area contributed by atoms with Gasteiger partial charge in [0.25, 0.3) is 0 Å². The van der Waals surface area contributed by atoms with Gasteiger partial charge in [-0.25, -0.2) is 4.79 Å². The molecule has 0 saturated heterocycles. The standard InChI is InChI=1S/C35H46O11/c1-19-15-16-34(8,9)32(45-25(7)39)30(43-23(5)37)29(42-22(4)36)20(2)17-27-28(46-33(40)26-13-11-10-12-14-26)21(3)18-35(27,41)31(19)44-24(6)38/h10-17,19,21,27-32,41H,18H2,1-9H3/b16-15+,20-17-/t19-,21-,27-,28-,29+,30-,31+,32+,35+/m0/s1. The van der Waals surface area contributed by atoms with Gasteiger partial charge in [-0.05, 0) is 37.0 Å². The van der Waals surface area contributed by atoms with E-state index in [1.54, 1.807) is 76.3 Å². The van der Waals surface area contributed by atoms with Gasteiger partial charge >= 0.3 is 29.8 Å². The summed E-state index contributed by atoms with van der Waals surface area (Å²) in [6.07, 6.45) is -0.578. The van der Waals surface area contributed by atoms with Gasteiger partial charge in [-0.1, -0.05) is 64.1 Å². The quantitative estimate of drug-likeness (QED) is 0.265. The van der Waals surface area contributed by atoms with E-state index in [1.165, 1.54) is 27.7 Å². The van der Waals surface area contributed by atoms with Crippen LogP contribution in [-0.2, 0) is 42.9 Å². The second-order valence-corrected chi connectivity index (χ2v) is 13.0. The monoisotopic (exact) mass is 642 g/mol. The first-order valence-corrected chi connectivity index (χ1v) is 15.4. The lowest BCUT2D eigenvalue weighted by atomic mass is 9.74. The van der Waals surface area contributed by atoms with Crippen molar-refractivity contribution >= 4 is 29.8 Å². The summed E-state index contributed by atoms with van der Waals surface area (Å²) in [6.45, 7) is 13.6. The van der Waals surface area contributed by atoms with Crippen LogP contribution in [0.3, 0.4) is 0 Å². The van der Waals surface area contributed by atoms with E-state index in [-0.39, 0.29) is 6.42 Å². The molecule has 1 saturated carbocycles. The number of hydrogen-bond donors (Lipinski definition) is 1. The number of fused-ring (bicyclic) bond motifs is 1. The lowest BCUT2D eigenvalue weighted by Crippen LogP contribution is -2.54. The Labute approximate surface area is 270 Å². The summed E-state index contributed by atoms with van der Waals surface area (Å²) < 4.78 is 29.2. The van der Waals surface area contributed by atoms with Crippen molar-refractivity contribution in [3.8, 4) is 0 Å². The number of rotatable bonds is 6. The van der Waals surface area contributed by atoms with E-state index in [0.29, 0.717) is 11.1 Å². The maximum absolute atomic E-state index is 13.3. The Bertz CT molecular complexity index is 1360. The van der Waals surface area contributed by atoms with Crippen LogP contribution in [0.5, 0.6) is 0 Å². The predicted octanol–water partition coefficient (Wildman–Crippen LogP) is 4.50. The number of ether oxygens (including phenoxy) is 5. The highest BCUT2D eigenvalue weighted by molar-refractivity contribution is 5.89. The fourth-order valence-electron chi connectivity index (χ4n) is 6.62. The molecule has 0 heterocycles. The van der Waals surface area contributed by atoms with E-state index in [4.69, 9.17) is 23.7 Å². The number of carbonyl (C=O) groups excluding carboxylic acids is 5. The summed E-state index contributed by atoms with van der Waals surface area (Å²) >= 11 is 0. The maximum Gasteiger partial charge on any atom is 0.338 e. The molecule has 3 rings (SSSR count). The first-order valence-electron chi connectivity index (χ1n) is 15.4. The number of carbonyl (C=O) groups is 5. The van der Waals surface area contributed by atoms with Crippen LogP contribution in [0.15, 0.2) is 54.1 Å². The summed E-state index contributed by atoms with van der Waals surface area (Å²) in [5, 5.41) is 12.6. The Hall–Kier alpha value is -3.99. The minimum atomic E-state index is -1.76. The molecule has 0 aromatic heterocycles. The van der Waals surface area contributed by atoms with Crippen LogP contribution in [0, 0.1) is 23.2 Å². The molecule has 1 aromatic carbocycles. The Kier molecular flexibility index (Phi) is 11.6. The molecule has 11 nitrogen and oxygen atoms in total. The van der Waals surface area contributed by atoms with Crippen molar-refractivity contribution in [2.75, 3.05) is 0 Å². The van der Waals surface area contributed by atoms with Crippen molar-refractivity contribution in [2.24, 2.45) is 23.2 Å². The molecular formula is C35H46O11. The molecule has 1 N–H and O–H groups in total. The van der Waals surface area contributed by atoms with Crippen LogP contribution in [0.1, 0.15) is 79.1 Å². The zero-order valence-corrected chi connectivity index (χ0v) is 28.0. The molecule has 0 aliphatic heterocycles. The Morgan fingerprint density at radius 3 is 1.85 bits per heavy atom. The average Bonchev–Trinajstić information content (AvgIpc) is 3.19. The number of hydrogen-bond acceptors (Lipinski definition) is 11. The molecule has 0 unspecified atom stereocenters. The van der Waals surface area contributed by atoms with E-state index in [2.05, 4.69) is 0 Å². The van der Waals surface area contributed by atoms with Crippen LogP contribution in [0.2, 0.25) is 0 Å². The SMILES string of the molecule is CC(=O)O[C@H]1[C@H](OC(C)=O)/C(C)=C\[C@H]2[C@@H](OC(=O)c3ccccc3)[C@@H](C)C[C@]2(O)[C@H](OC(C)=O)[C@@H](C)/C=C/C(C)(C)[C@@H]1OC(C)=O. The van der Waals surface area contributed by atoms with Gasteiger partial charge in [-0.2, -0.15) is 0 Å². The van der Waals surface area contributed by atoms with Crippen LogP contribution in [-0.4, -0.2) is 71.1 Å². The minimum absolute atomic E-state index is 0.0926. The number of benzene rings is 1. The Balaban J connectivity index is 2.33. The first kappa shape index (κ1) is 36.5. The number of aliphatic hydroxyl groups is 1. The van der Waals surface area contributed by atoms with Gasteiger partial charge in [0.15, 0.2) is 18.3 Å². The third-order valence-electron chi connectivity index (χ3n) is 8.60. The summed E-state index contributed by atoms with van der Waals surface area (Å²) in [5.41, 5.74) is -2.15. The molecule has 2 aliphatic carbocycles. The Morgan fingerprint density at radius 2 is 1.30 bits per heavy atom. The van der Waals surface area contributed by atoms with Gasteiger partial charge in [-0.15, -0.1) is 0 Å². The summed E-state index contributed by atoms with van der Waals surface area (Å²) in [6, 6.07) is 8.40. The molecule has 1 aromatic rings. The fourth-order valence-corrected chi connectivity index (χ4v) is 6.62. The molecule has 252 valence electrons. The van der Waals surface area contributed by atoms with Gasteiger partial charge in [-0.3, -0.25) is 19.2 Å². The van der Waals surface area contributed by atoms with Gasteiger partial charge < -0.3 is 28.8 Å². The maximum atomic E-state index is 13.3. The number of esters is 5. The molecule has 46 heavy (non-hydrogen) atoms. The molecule has 1 fully saturated rings. The highest BCUT2D eigenvalue weighted by Gasteiger charge is 2.59. The second kappa shape index (κ2) is 14.6. The van der Waals surface area contributed by atoms with E-state index < -0.39 is 89.1 Å². The Morgan fingerprint density at radius 1 is 0.761 bits per heavy atom. The smallest absolute Gasteiger partial charge is 0.338 e. The van der Waals surface area contributed by atoms with Crippen molar-refractivity contribution in [2.45, 2.75) is 105 Å². The summed E-state index contributed by atoms with van der Waals surface area (Å²) in [7, 11) is 0. The van der Waals surface area contributed by atoms with Gasteiger partial charge in [0.2, 0.25) is 0 Å². The van der Waals surface area contributed by atoms with E-state index in [1.807, 2.05) is 6.92 Å². The van der Waals surface area contributed by atoms with Crippen molar-refractivity contribution in [1.82, 2.24) is 0 Å². The van der Waals surface area contributed by atoms with Gasteiger partial charge in [0, 0.05) is 44.9 Å². The lowest BCUT2D eigenvalue weighted by molar-refractivity contribution is -0.188. The average molecular weight is 643 g/mol. The van der Waals surface area contributed by atoms with Gasteiger partial charge in [0.05, 0.1) is 5.56 Å². The van der Waals surface area contributed by atoms with Gasteiger partial charge in [0.1, 0.15) is 17.8 Å². The van der Waals surface area contributed by atoms with E-state index in [9.17, 15) is 29.1 Å². The molecule has 0 radical (unpaired) electrons. The molecule has 0 spiro atoms. The summed E-state index contributed by atoms with van der Waals surface area (Å²) in [5.74, 6) is -5.27. The fraction of sp³-hybridized carbons (Fsp3) is 0.571. The zero-order valence-electron chi connectivity index (χ0n) is 28.0. The molecule has 9 atom stereocenters. The first-order chi connectivity index (χ1) is 21.4. The largest absolute Gasteiger partial charge is 0.459 e. The minimum Gasteiger partial charge on any atom is -0.459 e. The van der Waals surface area contributed by atoms with Crippen LogP contribution >= 0.6 is 0 Å². The van der Waals surface area contributed by atoms with E-state index in [0.717, 1.165) is 0 Å². The van der Waals surface area contributed by atoms with Crippen molar-refractivity contribution in [3.05, 3.63) is 59.7 Å². The predicted molar refractivity (Wildman–Crippen MR) is 166 cm³/mol. The van der Waals surface area contributed by atoms with Crippen LogP contribution in [0.25, 0.3) is 0 Å². The van der Waals surface area contributed by atoms with Crippen LogP contribution in [0.4, 0.5) is 0 Å². The third-order valence-corrected chi connectivity index (χ3v) is 8.60. The van der Waals surface area contributed by atoms with Crippen LogP contribution < -0.4 is 0 Å². The van der Waals surface area contributed by atoms with E-state index >= 15 is 0 Å². The zero-order chi connectivity index (χ0) is 34.6. The highest BCUT2D eigenvalue weighted by atomic mass is 16.6. The molecule has 0 amide bonds. The molecule has 11 heteroatoms. The topological polar surface area (TPSA) is 152 Å². The second-order valence-electron chi connectivity index (χ2n) is 13.0.